The van der Waals surface area contributed by atoms with Gasteiger partial charge in [-0.3, -0.25) is 0 Å². The smallest absolute Gasteiger partial charge is 0.186 e. The van der Waals surface area contributed by atoms with E-state index in [2.05, 4.69) is 32.6 Å². The first-order valence-corrected chi connectivity index (χ1v) is 8.40. The first kappa shape index (κ1) is 16.4. The van der Waals surface area contributed by atoms with Gasteiger partial charge in [0.15, 0.2) is 5.13 Å². The van der Waals surface area contributed by atoms with Crippen LogP contribution in [0.1, 0.15) is 63.9 Å². The summed E-state index contributed by atoms with van der Waals surface area (Å²) in [6, 6.07) is 0.503. The van der Waals surface area contributed by atoms with Gasteiger partial charge in [0.1, 0.15) is 0 Å². The average Bonchev–Trinajstić information content (AvgIpc) is 2.77. The largest absolute Gasteiger partial charge is 0.346 e. The van der Waals surface area contributed by atoms with Crippen LogP contribution in [0.4, 0.5) is 5.13 Å². The van der Waals surface area contributed by atoms with Crippen LogP contribution in [-0.2, 0) is 13.0 Å². The van der Waals surface area contributed by atoms with Crippen LogP contribution in [0.5, 0.6) is 0 Å². The second kappa shape index (κ2) is 8.54. The third-order valence-corrected chi connectivity index (χ3v) is 4.47. The lowest BCUT2D eigenvalue weighted by atomic mass is 10.2. The Labute approximate surface area is 122 Å². The molecule has 3 nitrogen and oxygen atoms in total. The number of aromatic nitrogens is 1. The molecule has 1 aromatic heterocycles. The Balaban J connectivity index is 2.83. The number of rotatable bonds is 9. The van der Waals surface area contributed by atoms with Crippen molar-refractivity contribution in [1.29, 1.82) is 0 Å². The van der Waals surface area contributed by atoms with E-state index in [1.165, 1.54) is 29.8 Å². The van der Waals surface area contributed by atoms with Crippen LogP contribution in [0.25, 0.3) is 0 Å². The minimum Gasteiger partial charge on any atom is -0.346 e. The van der Waals surface area contributed by atoms with Crippen LogP contribution in [0.3, 0.4) is 0 Å². The van der Waals surface area contributed by atoms with Gasteiger partial charge in [0.25, 0.3) is 0 Å². The van der Waals surface area contributed by atoms with Gasteiger partial charge < -0.3 is 10.6 Å². The second-order valence-electron chi connectivity index (χ2n) is 5.31. The lowest BCUT2D eigenvalue weighted by Gasteiger charge is -2.26. The molecular formula is C15H29N3S. The van der Waals surface area contributed by atoms with Crippen molar-refractivity contribution in [2.45, 2.75) is 72.4 Å². The summed E-state index contributed by atoms with van der Waals surface area (Å²) in [5.41, 5.74) is 7.06. The second-order valence-corrected chi connectivity index (χ2v) is 6.38. The minimum absolute atomic E-state index is 0.503. The number of aryl methyl sites for hydroxylation is 1. The first-order valence-electron chi connectivity index (χ1n) is 7.59. The summed E-state index contributed by atoms with van der Waals surface area (Å²) in [6.45, 7) is 10.7. The van der Waals surface area contributed by atoms with Crippen molar-refractivity contribution >= 4 is 16.5 Å². The maximum absolute atomic E-state index is 5.84. The predicted molar refractivity (Wildman–Crippen MR) is 86.0 cm³/mol. The molecule has 0 bridgehead atoms. The number of nitrogens with zero attached hydrogens (tertiary/aromatic N) is 2. The molecule has 0 aromatic carbocycles. The zero-order valence-electron chi connectivity index (χ0n) is 12.9. The van der Waals surface area contributed by atoms with Crippen molar-refractivity contribution in [3.63, 3.8) is 0 Å². The van der Waals surface area contributed by atoms with E-state index in [1.54, 1.807) is 11.3 Å². The van der Waals surface area contributed by atoms with Gasteiger partial charge in [-0.25, -0.2) is 4.98 Å². The predicted octanol–water partition coefficient (Wildman–Crippen LogP) is 3.96. The van der Waals surface area contributed by atoms with Gasteiger partial charge in [0, 0.05) is 24.0 Å². The SMILES string of the molecule is CCCCCN(c1nc(CCC)c(CN)s1)C(C)C. The molecule has 4 heteroatoms. The average molecular weight is 283 g/mol. The fourth-order valence-corrected chi connectivity index (χ4v) is 3.34. The highest BCUT2D eigenvalue weighted by Crippen LogP contribution is 2.28. The number of thiazole rings is 1. The summed E-state index contributed by atoms with van der Waals surface area (Å²) in [5.74, 6) is 0. The van der Waals surface area contributed by atoms with E-state index in [9.17, 15) is 0 Å². The summed E-state index contributed by atoms with van der Waals surface area (Å²) >= 11 is 1.78. The number of hydrogen-bond acceptors (Lipinski definition) is 4. The van der Waals surface area contributed by atoms with Crippen molar-refractivity contribution in [3.05, 3.63) is 10.6 Å². The number of hydrogen-bond donors (Lipinski definition) is 1. The van der Waals surface area contributed by atoms with Crippen molar-refractivity contribution in [3.8, 4) is 0 Å². The molecular weight excluding hydrogens is 254 g/mol. The summed E-state index contributed by atoms with van der Waals surface area (Å²) in [6.07, 6.45) is 5.98. The monoisotopic (exact) mass is 283 g/mol. The molecule has 0 radical (unpaired) electrons. The van der Waals surface area contributed by atoms with Crippen molar-refractivity contribution < 1.29 is 0 Å². The Morgan fingerprint density at radius 1 is 1.21 bits per heavy atom. The van der Waals surface area contributed by atoms with E-state index in [-0.39, 0.29) is 0 Å². The fraction of sp³-hybridized carbons (Fsp3) is 0.800. The normalized spacial score (nSPS) is 11.3. The maximum atomic E-state index is 5.84. The molecule has 1 aromatic rings. The van der Waals surface area contributed by atoms with Crippen molar-refractivity contribution in [2.24, 2.45) is 5.73 Å². The number of anilines is 1. The lowest BCUT2D eigenvalue weighted by molar-refractivity contribution is 0.623. The summed E-state index contributed by atoms with van der Waals surface area (Å²) in [4.78, 5) is 8.53. The molecule has 0 aliphatic carbocycles. The molecule has 2 N–H and O–H groups in total. The van der Waals surface area contributed by atoms with Crippen LogP contribution in [-0.4, -0.2) is 17.6 Å². The summed E-state index contributed by atoms with van der Waals surface area (Å²) in [7, 11) is 0. The molecule has 110 valence electrons. The molecule has 0 aliphatic rings. The van der Waals surface area contributed by atoms with Gasteiger partial charge in [-0.05, 0) is 26.7 Å². The molecule has 0 saturated carbocycles. The van der Waals surface area contributed by atoms with Crippen LogP contribution in [0, 0.1) is 0 Å². The van der Waals surface area contributed by atoms with E-state index >= 15 is 0 Å². The van der Waals surface area contributed by atoms with E-state index in [4.69, 9.17) is 10.7 Å². The number of unbranched alkanes of at least 4 members (excludes halogenated alkanes) is 2. The Hall–Kier alpha value is -0.610. The quantitative estimate of drug-likeness (QED) is 0.698. The van der Waals surface area contributed by atoms with E-state index in [0.29, 0.717) is 12.6 Å². The molecule has 0 fully saturated rings. The Kier molecular flexibility index (Phi) is 7.39. The highest BCUT2D eigenvalue weighted by Gasteiger charge is 2.17. The zero-order valence-corrected chi connectivity index (χ0v) is 13.7. The Morgan fingerprint density at radius 3 is 2.47 bits per heavy atom. The third-order valence-electron chi connectivity index (χ3n) is 3.31. The summed E-state index contributed by atoms with van der Waals surface area (Å²) < 4.78 is 0. The Morgan fingerprint density at radius 2 is 1.95 bits per heavy atom. The lowest BCUT2D eigenvalue weighted by Crippen LogP contribution is -2.31. The molecule has 0 unspecified atom stereocenters. The molecule has 0 amide bonds. The van der Waals surface area contributed by atoms with Crippen LogP contribution in [0.2, 0.25) is 0 Å². The van der Waals surface area contributed by atoms with E-state index in [1.807, 2.05) is 0 Å². The topological polar surface area (TPSA) is 42.2 Å². The van der Waals surface area contributed by atoms with Crippen molar-refractivity contribution in [2.75, 3.05) is 11.4 Å². The van der Waals surface area contributed by atoms with Crippen molar-refractivity contribution in [1.82, 2.24) is 4.98 Å². The minimum atomic E-state index is 0.503. The van der Waals surface area contributed by atoms with Gasteiger partial charge in [-0.1, -0.05) is 33.1 Å². The van der Waals surface area contributed by atoms with E-state index in [0.717, 1.165) is 24.5 Å². The van der Waals surface area contributed by atoms with Gasteiger partial charge in [-0.2, -0.15) is 0 Å². The maximum Gasteiger partial charge on any atom is 0.186 e. The summed E-state index contributed by atoms with van der Waals surface area (Å²) in [5, 5.41) is 1.16. The van der Waals surface area contributed by atoms with Gasteiger partial charge in [-0.15, -0.1) is 11.3 Å². The third kappa shape index (κ3) is 4.77. The molecule has 0 spiro atoms. The molecule has 19 heavy (non-hydrogen) atoms. The highest BCUT2D eigenvalue weighted by molar-refractivity contribution is 7.15. The molecule has 1 rings (SSSR count). The first-order chi connectivity index (χ1) is 9.13. The van der Waals surface area contributed by atoms with Crippen LogP contribution >= 0.6 is 11.3 Å². The van der Waals surface area contributed by atoms with Gasteiger partial charge in [0.05, 0.1) is 5.69 Å². The highest BCUT2D eigenvalue weighted by atomic mass is 32.1. The molecule has 0 atom stereocenters. The molecule has 1 heterocycles. The number of nitrogens with two attached hydrogens (primary N) is 1. The Bertz CT molecular complexity index is 360. The van der Waals surface area contributed by atoms with Crippen LogP contribution < -0.4 is 10.6 Å². The standard InChI is InChI=1S/C15H29N3S/c1-5-7-8-10-18(12(3)4)15-17-13(9-6-2)14(11-16)19-15/h12H,5-11,16H2,1-4H3. The van der Waals surface area contributed by atoms with Crippen LogP contribution in [0.15, 0.2) is 0 Å². The molecule has 0 saturated heterocycles. The fourth-order valence-electron chi connectivity index (χ4n) is 2.19. The van der Waals surface area contributed by atoms with Gasteiger partial charge >= 0.3 is 0 Å². The van der Waals surface area contributed by atoms with E-state index < -0.39 is 0 Å². The zero-order chi connectivity index (χ0) is 14.3. The molecule has 0 aliphatic heterocycles. The van der Waals surface area contributed by atoms with Gasteiger partial charge in [0.2, 0.25) is 0 Å².